The van der Waals surface area contributed by atoms with Crippen LogP contribution in [-0.4, -0.2) is 18.6 Å². The smallest absolute Gasteiger partial charge is 0.251 e. The van der Waals surface area contributed by atoms with Gasteiger partial charge in [-0.25, -0.2) is 0 Å². The van der Waals surface area contributed by atoms with Gasteiger partial charge in [0.2, 0.25) is 0 Å². The van der Waals surface area contributed by atoms with E-state index in [2.05, 4.69) is 17.4 Å². The first kappa shape index (κ1) is 22.4. The third kappa shape index (κ3) is 6.61. The molecule has 0 fully saturated rings. The first-order valence-corrected chi connectivity index (χ1v) is 10.9. The van der Waals surface area contributed by atoms with Crippen molar-refractivity contribution < 1.29 is 14.3 Å². The average Bonchev–Trinajstić information content (AvgIpc) is 2.79. The molecule has 0 bridgehead atoms. The summed E-state index contributed by atoms with van der Waals surface area (Å²) >= 11 is 0. The molecule has 0 aliphatic carbocycles. The molecule has 3 rings (SSSR count). The van der Waals surface area contributed by atoms with Crippen molar-refractivity contribution in [2.45, 2.75) is 46.3 Å². The lowest BCUT2D eigenvalue weighted by Gasteiger charge is -2.16. The maximum absolute atomic E-state index is 12.8. The van der Waals surface area contributed by atoms with Gasteiger partial charge in [-0.15, -0.1) is 0 Å². The first-order valence-electron chi connectivity index (χ1n) is 10.9. The van der Waals surface area contributed by atoms with Crippen molar-refractivity contribution in [1.82, 2.24) is 5.32 Å². The highest BCUT2D eigenvalue weighted by molar-refractivity contribution is 5.94. The van der Waals surface area contributed by atoms with E-state index in [1.807, 2.05) is 81.4 Å². The van der Waals surface area contributed by atoms with E-state index in [-0.39, 0.29) is 11.9 Å². The van der Waals surface area contributed by atoms with E-state index in [1.165, 1.54) is 5.56 Å². The minimum absolute atomic E-state index is 0.0749. The van der Waals surface area contributed by atoms with Gasteiger partial charge in [0.05, 0.1) is 6.61 Å². The van der Waals surface area contributed by atoms with E-state index in [4.69, 9.17) is 9.47 Å². The van der Waals surface area contributed by atoms with E-state index >= 15 is 0 Å². The quantitative estimate of drug-likeness (QED) is 0.459. The predicted octanol–water partition coefficient (Wildman–Crippen LogP) is 5.72. The van der Waals surface area contributed by atoms with Crippen LogP contribution in [0.5, 0.6) is 11.5 Å². The first-order chi connectivity index (χ1) is 15.1. The predicted molar refractivity (Wildman–Crippen MR) is 125 cm³/mol. The number of carbonyl (C=O) groups is 1. The second kappa shape index (κ2) is 11.2. The molecule has 0 aliphatic rings. The number of rotatable bonds is 10. The molecule has 1 N–H and O–H groups in total. The van der Waals surface area contributed by atoms with Crippen LogP contribution in [0.2, 0.25) is 0 Å². The third-order valence-electron chi connectivity index (χ3n) is 5.19. The van der Waals surface area contributed by atoms with Crippen molar-refractivity contribution in [3.63, 3.8) is 0 Å². The van der Waals surface area contributed by atoms with Crippen molar-refractivity contribution in [2.75, 3.05) is 6.61 Å². The Kier molecular flexibility index (Phi) is 8.11. The Morgan fingerprint density at radius 3 is 2.42 bits per heavy atom. The zero-order valence-corrected chi connectivity index (χ0v) is 18.6. The Labute approximate surface area is 185 Å². The van der Waals surface area contributed by atoms with Gasteiger partial charge in [-0.05, 0) is 69.0 Å². The minimum Gasteiger partial charge on any atom is -0.493 e. The summed E-state index contributed by atoms with van der Waals surface area (Å²) in [6.45, 7) is 6.89. The Morgan fingerprint density at radius 2 is 1.68 bits per heavy atom. The van der Waals surface area contributed by atoms with Crippen LogP contribution in [0.15, 0.2) is 72.8 Å². The Hall–Kier alpha value is -3.27. The fourth-order valence-corrected chi connectivity index (χ4v) is 3.41. The number of benzene rings is 3. The molecule has 0 aliphatic heterocycles. The maximum Gasteiger partial charge on any atom is 0.251 e. The number of hydrogen-bond donors (Lipinski definition) is 1. The summed E-state index contributed by atoms with van der Waals surface area (Å²) in [5.74, 6) is 1.49. The molecule has 31 heavy (non-hydrogen) atoms. The summed E-state index contributed by atoms with van der Waals surface area (Å²) in [6, 6.07) is 23.8. The number of aryl methyl sites for hydroxylation is 2. The van der Waals surface area contributed by atoms with Crippen molar-refractivity contribution >= 4 is 5.91 Å². The van der Waals surface area contributed by atoms with Gasteiger partial charge in [0.15, 0.2) is 0 Å². The van der Waals surface area contributed by atoms with Crippen LogP contribution in [-0.2, 0) is 13.0 Å². The average molecular weight is 418 g/mol. The molecule has 162 valence electrons. The standard InChI is InChI=1S/C27H31NO3/c1-4-30-26-17-16-23(18-24(26)19-31-25-13-9-8-10-20(25)2)27(29)28-21(3)14-15-22-11-6-5-7-12-22/h5-13,16-18,21H,4,14-15,19H2,1-3H3,(H,28,29)/t21-/m0/s1. The number of nitrogens with one attached hydrogen (secondary N) is 1. The Bertz CT molecular complexity index is 985. The van der Waals surface area contributed by atoms with Crippen LogP contribution in [0.1, 0.15) is 47.3 Å². The lowest BCUT2D eigenvalue weighted by Crippen LogP contribution is -2.33. The maximum atomic E-state index is 12.8. The van der Waals surface area contributed by atoms with Crippen LogP contribution in [0.3, 0.4) is 0 Å². The lowest BCUT2D eigenvalue weighted by molar-refractivity contribution is 0.0938. The van der Waals surface area contributed by atoms with Gasteiger partial charge >= 0.3 is 0 Å². The summed E-state index contributed by atoms with van der Waals surface area (Å²) in [4.78, 5) is 12.8. The van der Waals surface area contributed by atoms with Gasteiger partial charge in [0, 0.05) is 17.2 Å². The number of amides is 1. The summed E-state index contributed by atoms with van der Waals surface area (Å²) in [5, 5.41) is 3.11. The summed E-state index contributed by atoms with van der Waals surface area (Å²) in [7, 11) is 0. The molecule has 0 spiro atoms. The van der Waals surface area contributed by atoms with Crippen molar-refractivity contribution in [2.24, 2.45) is 0 Å². The highest BCUT2D eigenvalue weighted by Crippen LogP contribution is 2.24. The molecule has 0 saturated heterocycles. The molecule has 0 aromatic heterocycles. The van der Waals surface area contributed by atoms with E-state index in [9.17, 15) is 4.79 Å². The highest BCUT2D eigenvalue weighted by atomic mass is 16.5. The molecule has 0 radical (unpaired) electrons. The number of hydrogen-bond acceptors (Lipinski definition) is 3. The second-order valence-corrected chi connectivity index (χ2v) is 7.71. The SMILES string of the molecule is CCOc1ccc(C(=O)N[C@@H](C)CCc2ccccc2)cc1COc1ccccc1C. The fraction of sp³-hybridized carbons (Fsp3) is 0.296. The van der Waals surface area contributed by atoms with E-state index < -0.39 is 0 Å². The lowest BCUT2D eigenvalue weighted by atomic mass is 10.1. The van der Waals surface area contributed by atoms with Crippen molar-refractivity contribution in [1.29, 1.82) is 0 Å². The van der Waals surface area contributed by atoms with Gasteiger partial charge in [-0.2, -0.15) is 0 Å². The van der Waals surface area contributed by atoms with Gasteiger partial charge in [0.1, 0.15) is 18.1 Å². The van der Waals surface area contributed by atoms with Gasteiger partial charge < -0.3 is 14.8 Å². The molecule has 4 heteroatoms. The summed E-state index contributed by atoms with van der Waals surface area (Å²) in [6.07, 6.45) is 1.82. The minimum atomic E-state index is -0.0826. The van der Waals surface area contributed by atoms with Gasteiger partial charge in [-0.1, -0.05) is 48.5 Å². The monoisotopic (exact) mass is 417 g/mol. The number of carbonyl (C=O) groups excluding carboxylic acids is 1. The zero-order valence-electron chi connectivity index (χ0n) is 18.6. The number of para-hydroxylation sites is 1. The Morgan fingerprint density at radius 1 is 0.935 bits per heavy atom. The molecule has 3 aromatic rings. The molecule has 1 amide bonds. The molecule has 0 unspecified atom stereocenters. The summed E-state index contributed by atoms with van der Waals surface area (Å²) in [5.41, 5.74) is 3.81. The number of ether oxygens (including phenoxy) is 2. The van der Waals surface area contributed by atoms with Crippen LogP contribution >= 0.6 is 0 Å². The van der Waals surface area contributed by atoms with Crippen LogP contribution < -0.4 is 14.8 Å². The molecule has 0 saturated carbocycles. The van der Waals surface area contributed by atoms with Crippen LogP contribution in [0, 0.1) is 6.92 Å². The van der Waals surface area contributed by atoms with E-state index in [0.717, 1.165) is 35.5 Å². The normalized spacial score (nSPS) is 11.6. The molecule has 0 heterocycles. The Balaban J connectivity index is 1.65. The highest BCUT2D eigenvalue weighted by Gasteiger charge is 2.14. The largest absolute Gasteiger partial charge is 0.493 e. The molecular weight excluding hydrogens is 386 g/mol. The third-order valence-corrected chi connectivity index (χ3v) is 5.19. The fourth-order valence-electron chi connectivity index (χ4n) is 3.41. The summed E-state index contributed by atoms with van der Waals surface area (Å²) < 4.78 is 11.7. The molecular formula is C27H31NO3. The van der Waals surface area contributed by atoms with E-state index in [0.29, 0.717) is 18.8 Å². The van der Waals surface area contributed by atoms with Crippen LogP contribution in [0.4, 0.5) is 0 Å². The van der Waals surface area contributed by atoms with Crippen molar-refractivity contribution in [3.8, 4) is 11.5 Å². The second-order valence-electron chi connectivity index (χ2n) is 7.71. The topological polar surface area (TPSA) is 47.6 Å². The van der Waals surface area contributed by atoms with Crippen molar-refractivity contribution in [3.05, 3.63) is 95.1 Å². The van der Waals surface area contributed by atoms with Crippen LogP contribution in [0.25, 0.3) is 0 Å². The molecule has 4 nitrogen and oxygen atoms in total. The molecule has 1 atom stereocenters. The van der Waals surface area contributed by atoms with E-state index in [1.54, 1.807) is 0 Å². The van der Waals surface area contributed by atoms with Gasteiger partial charge in [0.25, 0.3) is 5.91 Å². The molecule has 3 aromatic carbocycles. The zero-order chi connectivity index (χ0) is 22.1. The van der Waals surface area contributed by atoms with Gasteiger partial charge in [-0.3, -0.25) is 4.79 Å².